The molecule has 0 fully saturated rings. The van der Waals surface area contributed by atoms with Gasteiger partial charge in [0.05, 0.1) is 6.61 Å². The molecule has 0 aliphatic carbocycles. The first-order chi connectivity index (χ1) is 9.34. The van der Waals surface area contributed by atoms with Gasteiger partial charge in [0, 0.05) is 0 Å². The van der Waals surface area contributed by atoms with Crippen LogP contribution in [0.2, 0.25) is 0 Å². The van der Waals surface area contributed by atoms with Gasteiger partial charge in [-0.1, -0.05) is 26.7 Å². The molecule has 0 saturated carbocycles. The van der Waals surface area contributed by atoms with Gasteiger partial charge in [0.25, 0.3) is 0 Å². The molecule has 0 heterocycles. The second kappa shape index (κ2) is 6.67. The Morgan fingerprint density at radius 1 is 0.900 bits per heavy atom. The van der Waals surface area contributed by atoms with E-state index in [9.17, 15) is 26.7 Å². The van der Waals surface area contributed by atoms with Crippen LogP contribution in [-0.2, 0) is 4.74 Å². The van der Waals surface area contributed by atoms with Crippen molar-refractivity contribution in [2.24, 2.45) is 5.92 Å². The van der Waals surface area contributed by atoms with Crippen molar-refractivity contribution in [3.63, 3.8) is 0 Å². The third-order valence-electron chi connectivity index (χ3n) is 3.02. The maximum Gasteiger partial charge on any atom is 0.344 e. The van der Waals surface area contributed by atoms with Crippen LogP contribution in [0, 0.1) is 35.0 Å². The first-order valence-electron chi connectivity index (χ1n) is 6.03. The average molecular weight is 296 g/mol. The zero-order valence-corrected chi connectivity index (χ0v) is 10.9. The minimum atomic E-state index is -2.31. The smallest absolute Gasteiger partial charge is 0.344 e. The van der Waals surface area contributed by atoms with E-state index in [0.717, 1.165) is 0 Å². The first kappa shape index (κ1) is 16.4. The molecule has 0 radical (unpaired) electrons. The van der Waals surface area contributed by atoms with Crippen molar-refractivity contribution in [1.82, 2.24) is 0 Å². The van der Waals surface area contributed by atoms with Crippen molar-refractivity contribution in [2.75, 3.05) is 6.61 Å². The van der Waals surface area contributed by atoms with Crippen LogP contribution in [0.3, 0.4) is 0 Å². The number of hydrogen-bond donors (Lipinski definition) is 0. The Morgan fingerprint density at radius 2 is 1.30 bits per heavy atom. The summed E-state index contributed by atoms with van der Waals surface area (Å²) in [7, 11) is 0. The van der Waals surface area contributed by atoms with E-state index in [1.165, 1.54) is 0 Å². The van der Waals surface area contributed by atoms with E-state index in [1.807, 2.05) is 13.8 Å². The number of rotatable bonds is 5. The van der Waals surface area contributed by atoms with E-state index >= 15 is 0 Å². The molecule has 0 bridgehead atoms. The van der Waals surface area contributed by atoms with Crippen LogP contribution in [0.5, 0.6) is 0 Å². The molecule has 0 N–H and O–H groups in total. The van der Waals surface area contributed by atoms with E-state index in [2.05, 4.69) is 4.74 Å². The lowest BCUT2D eigenvalue weighted by Crippen LogP contribution is -2.18. The van der Waals surface area contributed by atoms with E-state index in [-0.39, 0.29) is 12.5 Å². The quantitative estimate of drug-likeness (QED) is 0.355. The number of halogens is 5. The molecule has 0 aliphatic heterocycles. The van der Waals surface area contributed by atoms with Crippen LogP contribution in [0.15, 0.2) is 0 Å². The van der Waals surface area contributed by atoms with Gasteiger partial charge in [-0.05, 0) is 5.92 Å². The van der Waals surface area contributed by atoms with Crippen LogP contribution >= 0.6 is 0 Å². The fraction of sp³-hybridized carbons (Fsp3) is 0.462. The lowest BCUT2D eigenvalue weighted by atomic mass is 10.1. The van der Waals surface area contributed by atoms with Gasteiger partial charge in [0.2, 0.25) is 5.82 Å². The number of carbonyl (C=O) groups is 1. The zero-order chi connectivity index (χ0) is 15.4. The summed E-state index contributed by atoms with van der Waals surface area (Å²) in [6, 6.07) is 0. The molecule has 2 nitrogen and oxygen atoms in total. The van der Waals surface area contributed by atoms with E-state index in [4.69, 9.17) is 0 Å². The summed E-state index contributed by atoms with van der Waals surface area (Å²) < 4.78 is 69.9. The fourth-order valence-corrected chi connectivity index (χ4v) is 1.57. The third kappa shape index (κ3) is 3.08. The second-order valence-corrected chi connectivity index (χ2v) is 4.23. The predicted molar refractivity (Wildman–Crippen MR) is 60.6 cm³/mol. The van der Waals surface area contributed by atoms with Gasteiger partial charge in [-0.2, -0.15) is 0 Å². The first-order valence-corrected chi connectivity index (χ1v) is 6.03. The number of carbonyl (C=O) groups excluding carboxylic acids is 1. The largest absolute Gasteiger partial charge is 0.462 e. The van der Waals surface area contributed by atoms with E-state index < -0.39 is 40.6 Å². The molecule has 0 unspecified atom stereocenters. The highest BCUT2D eigenvalue weighted by atomic mass is 19.2. The van der Waals surface area contributed by atoms with Gasteiger partial charge in [0.15, 0.2) is 23.3 Å². The van der Waals surface area contributed by atoms with Crippen molar-refractivity contribution in [3.05, 3.63) is 34.6 Å². The van der Waals surface area contributed by atoms with Crippen molar-refractivity contribution < 1.29 is 31.5 Å². The number of hydrogen-bond acceptors (Lipinski definition) is 2. The summed E-state index contributed by atoms with van der Waals surface area (Å²) in [5.74, 6) is -12.6. The SMILES string of the molecule is CCC(CC)COC(=O)c1c(F)c(F)c(F)c(F)c1F. The van der Waals surface area contributed by atoms with Gasteiger partial charge in [-0.3, -0.25) is 0 Å². The van der Waals surface area contributed by atoms with Crippen LogP contribution in [0.25, 0.3) is 0 Å². The van der Waals surface area contributed by atoms with Gasteiger partial charge < -0.3 is 4.74 Å². The van der Waals surface area contributed by atoms with E-state index in [1.54, 1.807) is 0 Å². The number of ether oxygens (including phenoxy) is 1. The van der Waals surface area contributed by atoms with Crippen LogP contribution < -0.4 is 0 Å². The normalized spacial score (nSPS) is 11.0. The molecule has 0 atom stereocenters. The Hall–Kier alpha value is -1.66. The van der Waals surface area contributed by atoms with Crippen LogP contribution in [0.4, 0.5) is 22.0 Å². The topological polar surface area (TPSA) is 26.3 Å². The van der Waals surface area contributed by atoms with Crippen LogP contribution in [-0.4, -0.2) is 12.6 Å². The Labute approximate surface area is 112 Å². The lowest BCUT2D eigenvalue weighted by molar-refractivity contribution is 0.0418. The van der Waals surface area contributed by atoms with Gasteiger partial charge in [-0.15, -0.1) is 0 Å². The molecule has 0 saturated heterocycles. The minimum Gasteiger partial charge on any atom is -0.462 e. The molecule has 1 rings (SSSR count). The van der Waals surface area contributed by atoms with Gasteiger partial charge in [0.1, 0.15) is 5.56 Å². The van der Waals surface area contributed by atoms with Crippen LogP contribution in [0.1, 0.15) is 37.0 Å². The van der Waals surface area contributed by atoms with Crippen molar-refractivity contribution in [1.29, 1.82) is 0 Å². The molecular weight excluding hydrogens is 283 g/mol. The standard InChI is InChI=1S/C13H13F5O2/c1-3-6(4-2)5-20-13(19)7-8(14)10(16)12(18)11(17)9(7)15/h6H,3-5H2,1-2H3. The molecule has 1 aromatic rings. The Kier molecular flexibility index (Phi) is 5.47. The highest BCUT2D eigenvalue weighted by Gasteiger charge is 2.30. The summed E-state index contributed by atoms with van der Waals surface area (Å²) >= 11 is 0. The highest BCUT2D eigenvalue weighted by molar-refractivity contribution is 5.90. The molecule has 7 heteroatoms. The molecule has 1 aromatic carbocycles. The third-order valence-corrected chi connectivity index (χ3v) is 3.02. The van der Waals surface area contributed by atoms with Gasteiger partial charge >= 0.3 is 5.97 Å². The zero-order valence-electron chi connectivity index (χ0n) is 10.9. The maximum atomic E-state index is 13.3. The van der Waals surface area contributed by atoms with Gasteiger partial charge in [-0.25, -0.2) is 26.7 Å². The monoisotopic (exact) mass is 296 g/mol. The Balaban J connectivity index is 3.05. The number of benzene rings is 1. The van der Waals surface area contributed by atoms with Crippen molar-refractivity contribution in [3.8, 4) is 0 Å². The molecule has 0 amide bonds. The molecule has 0 aliphatic rings. The molecule has 20 heavy (non-hydrogen) atoms. The van der Waals surface area contributed by atoms with Crippen molar-refractivity contribution >= 4 is 5.97 Å². The summed E-state index contributed by atoms with van der Waals surface area (Å²) in [5.41, 5.74) is -1.56. The molecular formula is C13H13F5O2. The second-order valence-electron chi connectivity index (χ2n) is 4.23. The minimum absolute atomic E-state index is 0.0415. The Morgan fingerprint density at radius 3 is 1.70 bits per heavy atom. The summed E-state index contributed by atoms with van der Waals surface area (Å²) in [4.78, 5) is 11.5. The average Bonchev–Trinajstić information content (AvgIpc) is 2.44. The number of esters is 1. The summed E-state index contributed by atoms with van der Waals surface area (Å²) in [5, 5.41) is 0. The Bertz CT molecular complexity index is 483. The maximum absolute atomic E-state index is 13.3. The predicted octanol–water partition coefficient (Wildman–Crippen LogP) is 3.98. The summed E-state index contributed by atoms with van der Waals surface area (Å²) in [6.07, 6.45) is 1.31. The molecule has 112 valence electrons. The highest BCUT2D eigenvalue weighted by Crippen LogP contribution is 2.24. The molecule has 0 spiro atoms. The molecule has 0 aromatic heterocycles. The lowest BCUT2D eigenvalue weighted by Gasteiger charge is -2.13. The summed E-state index contributed by atoms with van der Waals surface area (Å²) in [6.45, 7) is 3.49. The van der Waals surface area contributed by atoms with Crippen molar-refractivity contribution in [2.45, 2.75) is 26.7 Å². The van der Waals surface area contributed by atoms with E-state index in [0.29, 0.717) is 12.8 Å². The fourth-order valence-electron chi connectivity index (χ4n) is 1.57.